The first-order valence-corrected chi connectivity index (χ1v) is 7.05. The molecule has 18 heavy (non-hydrogen) atoms. The van der Waals surface area contributed by atoms with Crippen molar-refractivity contribution in [2.24, 2.45) is 11.8 Å². The van der Waals surface area contributed by atoms with E-state index >= 15 is 0 Å². The van der Waals surface area contributed by atoms with E-state index in [-0.39, 0.29) is 17.9 Å². The van der Waals surface area contributed by atoms with Crippen LogP contribution in [0.4, 0.5) is 0 Å². The van der Waals surface area contributed by atoms with Gasteiger partial charge >= 0.3 is 0 Å². The minimum absolute atomic E-state index is 0.0347. The molecule has 0 spiro atoms. The van der Waals surface area contributed by atoms with Crippen molar-refractivity contribution in [3.63, 3.8) is 0 Å². The van der Waals surface area contributed by atoms with Crippen LogP contribution in [-0.2, 0) is 4.79 Å². The zero-order valence-corrected chi connectivity index (χ0v) is 11.6. The van der Waals surface area contributed by atoms with Crippen LogP contribution in [0.3, 0.4) is 0 Å². The SMILES string of the molecule is CC(C)[C@@H](O)C1C[C@@](C)(O)[C@H]2CCCCN2C1=O. The third-order valence-corrected chi connectivity index (χ3v) is 4.55. The number of hydrogen-bond acceptors (Lipinski definition) is 3. The predicted molar refractivity (Wildman–Crippen MR) is 68.9 cm³/mol. The van der Waals surface area contributed by atoms with Crippen LogP contribution in [0, 0.1) is 11.8 Å². The average molecular weight is 255 g/mol. The Morgan fingerprint density at radius 2 is 2.06 bits per heavy atom. The molecule has 0 bridgehead atoms. The molecule has 104 valence electrons. The molecular formula is C14H25NO3. The van der Waals surface area contributed by atoms with Gasteiger partial charge in [-0.1, -0.05) is 13.8 Å². The summed E-state index contributed by atoms with van der Waals surface area (Å²) in [6.45, 7) is 6.35. The fraction of sp³-hybridized carbons (Fsp3) is 0.929. The first-order valence-electron chi connectivity index (χ1n) is 7.05. The second-order valence-electron chi connectivity index (χ2n) is 6.45. The van der Waals surface area contributed by atoms with Crippen molar-refractivity contribution < 1.29 is 15.0 Å². The lowest BCUT2D eigenvalue weighted by Crippen LogP contribution is -2.64. The van der Waals surface area contributed by atoms with E-state index in [4.69, 9.17) is 0 Å². The maximum atomic E-state index is 12.4. The summed E-state index contributed by atoms with van der Waals surface area (Å²) in [6.07, 6.45) is 2.67. The van der Waals surface area contributed by atoms with Gasteiger partial charge in [0.05, 0.1) is 23.7 Å². The third-order valence-electron chi connectivity index (χ3n) is 4.55. The number of aliphatic hydroxyl groups is 2. The van der Waals surface area contributed by atoms with E-state index in [1.54, 1.807) is 0 Å². The third kappa shape index (κ3) is 2.28. The quantitative estimate of drug-likeness (QED) is 0.778. The van der Waals surface area contributed by atoms with Crippen molar-refractivity contribution in [1.29, 1.82) is 0 Å². The van der Waals surface area contributed by atoms with Crippen LogP contribution in [0.5, 0.6) is 0 Å². The van der Waals surface area contributed by atoms with E-state index in [1.807, 2.05) is 25.7 Å². The van der Waals surface area contributed by atoms with Gasteiger partial charge in [0.1, 0.15) is 0 Å². The number of hydrogen-bond donors (Lipinski definition) is 2. The maximum Gasteiger partial charge on any atom is 0.228 e. The van der Waals surface area contributed by atoms with E-state index in [0.717, 1.165) is 25.8 Å². The Morgan fingerprint density at radius 3 is 2.67 bits per heavy atom. The van der Waals surface area contributed by atoms with E-state index in [1.165, 1.54) is 0 Å². The summed E-state index contributed by atoms with van der Waals surface area (Å²) in [5, 5.41) is 20.8. The van der Waals surface area contributed by atoms with Gasteiger partial charge in [-0.05, 0) is 38.5 Å². The number of carbonyl (C=O) groups is 1. The molecule has 1 amide bonds. The topological polar surface area (TPSA) is 60.8 Å². The van der Waals surface area contributed by atoms with Crippen molar-refractivity contribution in [1.82, 2.24) is 4.90 Å². The van der Waals surface area contributed by atoms with Gasteiger partial charge in [0, 0.05) is 6.54 Å². The molecular weight excluding hydrogens is 230 g/mol. The first kappa shape index (κ1) is 13.8. The smallest absolute Gasteiger partial charge is 0.228 e. The number of carbonyl (C=O) groups excluding carboxylic acids is 1. The molecule has 2 heterocycles. The molecule has 2 rings (SSSR count). The lowest BCUT2D eigenvalue weighted by atomic mass is 9.73. The van der Waals surface area contributed by atoms with Gasteiger partial charge in [-0.25, -0.2) is 0 Å². The molecule has 0 saturated carbocycles. The Hall–Kier alpha value is -0.610. The summed E-state index contributed by atoms with van der Waals surface area (Å²) >= 11 is 0. The van der Waals surface area contributed by atoms with Crippen molar-refractivity contribution >= 4 is 5.91 Å². The Bertz CT molecular complexity index is 327. The van der Waals surface area contributed by atoms with Crippen LogP contribution in [0.15, 0.2) is 0 Å². The molecule has 2 saturated heterocycles. The second kappa shape index (κ2) is 4.82. The van der Waals surface area contributed by atoms with Crippen molar-refractivity contribution in [3.05, 3.63) is 0 Å². The molecule has 0 aromatic carbocycles. The molecule has 0 aromatic rings. The molecule has 4 heteroatoms. The van der Waals surface area contributed by atoms with Crippen LogP contribution < -0.4 is 0 Å². The second-order valence-corrected chi connectivity index (χ2v) is 6.45. The summed E-state index contributed by atoms with van der Waals surface area (Å²) in [5.41, 5.74) is -0.866. The largest absolute Gasteiger partial charge is 0.392 e. The van der Waals surface area contributed by atoms with Crippen molar-refractivity contribution in [3.8, 4) is 0 Å². The molecule has 2 aliphatic rings. The monoisotopic (exact) mass is 255 g/mol. The first-order chi connectivity index (χ1) is 8.34. The summed E-state index contributed by atoms with van der Waals surface area (Å²) < 4.78 is 0. The number of fused-ring (bicyclic) bond motifs is 1. The highest BCUT2D eigenvalue weighted by atomic mass is 16.3. The summed E-state index contributed by atoms with van der Waals surface area (Å²) in [5.74, 6) is -0.377. The van der Waals surface area contributed by atoms with E-state index in [9.17, 15) is 15.0 Å². The fourth-order valence-electron chi connectivity index (χ4n) is 3.45. The Labute approximate surface area is 109 Å². The molecule has 2 aliphatic heterocycles. The van der Waals surface area contributed by atoms with Gasteiger partial charge in [-0.15, -0.1) is 0 Å². The number of piperidine rings is 2. The van der Waals surface area contributed by atoms with Crippen LogP contribution in [-0.4, -0.2) is 45.3 Å². The molecule has 0 aliphatic carbocycles. The minimum Gasteiger partial charge on any atom is -0.392 e. The molecule has 4 atom stereocenters. The van der Waals surface area contributed by atoms with Crippen LogP contribution in [0.2, 0.25) is 0 Å². The Kier molecular flexibility index (Phi) is 3.70. The van der Waals surface area contributed by atoms with Crippen LogP contribution in [0.25, 0.3) is 0 Å². The molecule has 2 N–H and O–H groups in total. The normalized spacial score (nSPS) is 38.8. The number of amides is 1. The van der Waals surface area contributed by atoms with Crippen molar-refractivity contribution in [2.75, 3.05) is 6.54 Å². The zero-order valence-electron chi connectivity index (χ0n) is 11.6. The summed E-state index contributed by atoms with van der Waals surface area (Å²) in [6, 6.07) is -0.0608. The number of aliphatic hydroxyl groups excluding tert-OH is 1. The minimum atomic E-state index is -0.866. The van der Waals surface area contributed by atoms with E-state index in [0.29, 0.717) is 6.42 Å². The van der Waals surface area contributed by atoms with E-state index in [2.05, 4.69) is 0 Å². The summed E-state index contributed by atoms with van der Waals surface area (Å²) in [7, 11) is 0. The van der Waals surface area contributed by atoms with Gasteiger partial charge in [0.25, 0.3) is 0 Å². The molecule has 4 nitrogen and oxygen atoms in total. The molecule has 0 radical (unpaired) electrons. The predicted octanol–water partition coefficient (Wildman–Crippen LogP) is 1.16. The van der Waals surface area contributed by atoms with Crippen LogP contribution >= 0.6 is 0 Å². The molecule has 1 unspecified atom stereocenters. The average Bonchev–Trinajstić information content (AvgIpc) is 2.33. The lowest BCUT2D eigenvalue weighted by molar-refractivity contribution is -0.171. The zero-order chi connectivity index (χ0) is 13.5. The molecule has 2 fully saturated rings. The summed E-state index contributed by atoms with van der Waals surface area (Å²) in [4.78, 5) is 14.3. The highest BCUT2D eigenvalue weighted by molar-refractivity contribution is 5.81. The highest BCUT2D eigenvalue weighted by Gasteiger charge is 2.50. The number of rotatable bonds is 2. The lowest BCUT2D eigenvalue weighted by Gasteiger charge is -2.51. The van der Waals surface area contributed by atoms with Gasteiger partial charge in [-0.2, -0.15) is 0 Å². The van der Waals surface area contributed by atoms with E-state index < -0.39 is 17.6 Å². The Balaban J connectivity index is 2.23. The highest BCUT2D eigenvalue weighted by Crippen LogP contribution is 2.39. The van der Waals surface area contributed by atoms with Crippen LogP contribution in [0.1, 0.15) is 46.5 Å². The fourth-order valence-corrected chi connectivity index (χ4v) is 3.45. The van der Waals surface area contributed by atoms with Gasteiger partial charge in [0.2, 0.25) is 5.91 Å². The van der Waals surface area contributed by atoms with Gasteiger partial charge in [-0.3, -0.25) is 4.79 Å². The molecule has 0 aromatic heterocycles. The van der Waals surface area contributed by atoms with Gasteiger partial charge in [0.15, 0.2) is 0 Å². The Morgan fingerprint density at radius 1 is 1.39 bits per heavy atom. The number of nitrogens with zero attached hydrogens (tertiary/aromatic N) is 1. The van der Waals surface area contributed by atoms with Gasteiger partial charge < -0.3 is 15.1 Å². The standard InChI is InChI=1S/C14H25NO3/c1-9(2)12(16)10-8-14(3,18)11-6-4-5-7-15(11)13(10)17/h9-12,16,18H,4-8H2,1-3H3/t10?,11-,12-,14-/m1/s1. The maximum absolute atomic E-state index is 12.4. The van der Waals surface area contributed by atoms with Crippen molar-refractivity contribution in [2.45, 2.75) is 64.2 Å².